The average Bonchev–Trinajstić information content (AvgIpc) is 2.23. The molecule has 0 aliphatic carbocycles. The number of carbonyl (C=O) groups excluding carboxylic acids is 1. The van der Waals surface area contributed by atoms with E-state index in [2.05, 4.69) is 15.3 Å². The summed E-state index contributed by atoms with van der Waals surface area (Å²) in [7, 11) is 0. The lowest BCUT2D eigenvalue weighted by Crippen LogP contribution is -2.32. The number of hydrogen-bond acceptors (Lipinski definition) is 4. The zero-order valence-electron chi connectivity index (χ0n) is 10.7. The van der Waals surface area contributed by atoms with Gasteiger partial charge in [0.2, 0.25) is 5.82 Å². The lowest BCUT2D eigenvalue weighted by Gasteiger charge is -2.19. The summed E-state index contributed by atoms with van der Waals surface area (Å²) in [6.07, 6.45) is -4.34. The predicted octanol–water partition coefficient (Wildman–Crippen LogP) is 2.52. The fourth-order valence-electron chi connectivity index (χ4n) is 1.11. The lowest BCUT2D eigenvalue weighted by molar-refractivity contribution is -0.145. The first-order valence-electron chi connectivity index (χ1n) is 5.44. The Kier molecular flexibility index (Phi) is 4.33. The summed E-state index contributed by atoms with van der Waals surface area (Å²) >= 11 is 0. The molecule has 5 nitrogen and oxygen atoms in total. The Bertz CT molecular complexity index is 455. The number of nitrogens with zero attached hydrogens (tertiary/aromatic N) is 2. The van der Waals surface area contributed by atoms with E-state index in [9.17, 15) is 18.0 Å². The van der Waals surface area contributed by atoms with Gasteiger partial charge < -0.3 is 10.1 Å². The Morgan fingerprint density at radius 1 is 1.37 bits per heavy atom. The molecule has 1 rings (SSSR count). The second-order valence-electron chi connectivity index (χ2n) is 4.72. The molecule has 0 spiro atoms. The van der Waals surface area contributed by atoms with Gasteiger partial charge in [-0.3, -0.25) is 0 Å². The molecule has 0 radical (unpaired) electrons. The third-order valence-corrected chi connectivity index (χ3v) is 1.78. The molecule has 1 amide bonds. The maximum atomic E-state index is 12.4. The minimum absolute atomic E-state index is 0.0492. The highest BCUT2D eigenvalue weighted by Crippen LogP contribution is 2.25. The number of aromatic nitrogens is 2. The highest BCUT2D eigenvalue weighted by Gasteiger charge is 2.34. The van der Waals surface area contributed by atoms with Crippen LogP contribution in [0.5, 0.6) is 0 Å². The summed E-state index contributed by atoms with van der Waals surface area (Å²) in [6.45, 7) is 4.87. The molecule has 8 heteroatoms. The molecule has 0 unspecified atom stereocenters. The fourth-order valence-corrected chi connectivity index (χ4v) is 1.11. The van der Waals surface area contributed by atoms with Crippen LogP contribution >= 0.6 is 0 Å². The third kappa shape index (κ3) is 5.54. The van der Waals surface area contributed by atoms with Crippen LogP contribution in [-0.2, 0) is 17.5 Å². The van der Waals surface area contributed by atoms with Crippen LogP contribution in [0.2, 0.25) is 0 Å². The zero-order valence-corrected chi connectivity index (χ0v) is 10.7. The Morgan fingerprint density at radius 3 is 2.53 bits per heavy atom. The fraction of sp³-hybridized carbons (Fsp3) is 0.545. The van der Waals surface area contributed by atoms with Crippen molar-refractivity contribution in [1.29, 1.82) is 0 Å². The highest BCUT2D eigenvalue weighted by atomic mass is 19.4. The smallest absolute Gasteiger partial charge is 0.444 e. The van der Waals surface area contributed by atoms with Crippen molar-refractivity contribution in [3.05, 3.63) is 23.8 Å². The van der Waals surface area contributed by atoms with Gasteiger partial charge in [0.25, 0.3) is 0 Å². The predicted molar refractivity (Wildman–Crippen MR) is 60.1 cm³/mol. The number of ether oxygens (including phenoxy) is 1. The molecule has 1 aromatic heterocycles. The Hall–Kier alpha value is -1.86. The van der Waals surface area contributed by atoms with Crippen molar-refractivity contribution in [1.82, 2.24) is 15.3 Å². The van der Waals surface area contributed by atoms with E-state index in [4.69, 9.17) is 4.74 Å². The molecule has 106 valence electrons. The number of halogens is 3. The Balaban J connectivity index is 2.62. The molecule has 0 aliphatic heterocycles. The van der Waals surface area contributed by atoms with Gasteiger partial charge >= 0.3 is 12.3 Å². The van der Waals surface area contributed by atoms with Crippen molar-refractivity contribution in [3.63, 3.8) is 0 Å². The number of alkyl halides is 3. The first-order valence-corrected chi connectivity index (χ1v) is 5.44. The molecular formula is C11H14F3N3O2. The number of amides is 1. The zero-order chi connectivity index (χ0) is 14.7. The van der Waals surface area contributed by atoms with Gasteiger partial charge in [-0.05, 0) is 26.8 Å². The van der Waals surface area contributed by atoms with Gasteiger partial charge in [-0.2, -0.15) is 13.2 Å². The van der Waals surface area contributed by atoms with Crippen LogP contribution in [0, 0.1) is 0 Å². The van der Waals surface area contributed by atoms with E-state index in [0.717, 1.165) is 6.20 Å². The van der Waals surface area contributed by atoms with Crippen molar-refractivity contribution in [2.24, 2.45) is 0 Å². The molecule has 1 aromatic rings. The van der Waals surface area contributed by atoms with Crippen LogP contribution in [0.4, 0.5) is 18.0 Å². The van der Waals surface area contributed by atoms with E-state index in [-0.39, 0.29) is 12.2 Å². The van der Waals surface area contributed by atoms with Gasteiger partial charge in [-0.15, -0.1) is 0 Å². The van der Waals surface area contributed by atoms with E-state index < -0.39 is 23.7 Å². The van der Waals surface area contributed by atoms with E-state index >= 15 is 0 Å². The molecule has 0 fully saturated rings. The van der Waals surface area contributed by atoms with Gasteiger partial charge in [0, 0.05) is 6.20 Å². The van der Waals surface area contributed by atoms with Crippen LogP contribution in [0.1, 0.15) is 32.3 Å². The molecule has 0 atom stereocenters. The summed E-state index contributed by atoms with van der Waals surface area (Å²) in [4.78, 5) is 17.7. The molecule has 1 N–H and O–H groups in total. The number of hydrogen-bond donors (Lipinski definition) is 1. The van der Waals surface area contributed by atoms with E-state index in [1.54, 1.807) is 20.8 Å². The van der Waals surface area contributed by atoms with Gasteiger partial charge in [0.1, 0.15) is 5.60 Å². The van der Waals surface area contributed by atoms with Crippen molar-refractivity contribution in [2.75, 3.05) is 0 Å². The van der Waals surface area contributed by atoms with E-state index in [1.807, 2.05) is 0 Å². The summed E-state index contributed by atoms with van der Waals surface area (Å²) in [5.41, 5.74) is -0.624. The summed E-state index contributed by atoms with van der Waals surface area (Å²) in [5, 5.41) is 2.32. The SMILES string of the molecule is CC(C)(C)OC(=O)NCc1ccnc(C(F)(F)F)n1. The van der Waals surface area contributed by atoms with Crippen molar-refractivity contribution < 1.29 is 22.7 Å². The summed E-state index contributed by atoms with van der Waals surface area (Å²) in [6, 6.07) is 1.28. The van der Waals surface area contributed by atoms with E-state index in [1.165, 1.54) is 6.07 Å². The van der Waals surface area contributed by atoms with Crippen molar-refractivity contribution in [2.45, 2.75) is 39.1 Å². The molecule has 19 heavy (non-hydrogen) atoms. The molecule has 0 saturated heterocycles. The maximum absolute atomic E-state index is 12.4. The molecule has 0 saturated carbocycles. The Morgan fingerprint density at radius 2 is 2.00 bits per heavy atom. The Labute approximate surface area is 108 Å². The topological polar surface area (TPSA) is 64.1 Å². The van der Waals surface area contributed by atoms with Crippen LogP contribution in [0.15, 0.2) is 12.3 Å². The largest absolute Gasteiger partial charge is 0.451 e. The third-order valence-electron chi connectivity index (χ3n) is 1.78. The van der Waals surface area contributed by atoms with Crippen LogP contribution in [0.3, 0.4) is 0 Å². The second kappa shape index (κ2) is 5.41. The molecular weight excluding hydrogens is 263 g/mol. The number of carbonyl (C=O) groups is 1. The van der Waals surface area contributed by atoms with Crippen LogP contribution in [-0.4, -0.2) is 21.7 Å². The van der Waals surface area contributed by atoms with E-state index in [0.29, 0.717) is 0 Å². The standard InChI is InChI=1S/C11H14F3N3O2/c1-10(2,3)19-9(18)16-6-7-4-5-15-8(17-7)11(12,13)14/h4-5H,6H2,1-3H3,(H,16,18). The van der Waals surface area contributed by atoms with Crippen LogP contribution in [0.25, 0.3) is 0 Å². The first-order chi connectivity index (χ1) is 8.58. The number of nitrogens with one attached hydrogen (secondary N) is 1. The second-order valence-corrected chi connectivity index (χ2v) is 4.72. The monoisotopic (exact) mass is 277 g/mol. The molecule has 0 bridgehead atoms. The number of alkyl carbamates (subject to hydrolysis) is 1. The highest BCUT2D eigenvalue weighted by molar-refractivity contribution is 5.67. The van der Waals surface area contributed by atoms with Gasteiger partial charge in [0.05, 0.1) is 12.2 Å². The minimum Gasteiger partial charge on any atom is -0.444 e. The molecule has 1 heterocycles. The van der Waals surface area contributed by atoms with Gasteiger partial charge in [-0.1, -0.05) is 0 Å². The number of rotatable bonds is 2. The van der Waals surface area contributed by atoms with Crippen molar-refractivity contribution >= 4 is 6.09 Å². The van der Waals surface area contributed by atoms with Crippen LogP contribution < -0.4 is 5.32 Å². The first kappa shape index (κ1) is 15.2. The normalized spacial score (nSPS) is 12.1. The van der Waals surface area contributed by atoms with Gasteiger partial charge in [-0.25, -0.2) is 14.8 Å². The minimum atomic E-state index is -4.61. The lowest BCUT2D eigenvalue weighted by atomic mass is 10.2. The summed E-state index contributed by atoms with van der Waals surface area (Å²) in [5.74, 6) is -1.24. The van der Waals surface area contributed by atoms with Gasteiger partial charge in [0.15, 0.2) is 0 Å². The maximum Gasteiger partial charge on any atom is 0.451 e. The summed E-state index contributed by atoms with van der Waals surface area (Å²) < 4.78 is 42.0. The molecule has 0 aromatic carbocycles. The van der Waals surface area contributed by atoms with Crippen molar-refractivity contribution in [3.8, 4) is 0 Å². The quantitative estimate of drug-likeness (QED) is 0.902. The average molecular weight is 277 g/mol. The molecule has 0 aliphatic rings.